The quantitative estimate of drug-likeness (QED) is 0.345. The zero-order valence-electron chi connectivity index (χ0n) is 9.18. The molecule has 1 unspecified atom stereocenters. The van der Waals surface area contributed by atoms with Gasteiger partial charge in [0.15, 0.2) is 6.61 Å². The summed E-state index contributed by atoms with van der Waals surface area (Å²) < 4.78 is 78.8. The van der Waals surface area contributed by atoms with E-state index in [2.05, 4.69) is 16.1 Å². The van der Waals surface area contributed by atoms with Gasteiger partial charge in [0.2, 0.25) is 6.10 Å². The van der Waals surface area contributed by atoms with Crippen molar-refractivity contribution in [3.63, 3.8) is 0 Å². The highest BCUT2D eigenvalue weighted by molar-refractivity contribution is 6.29. The van der Waals surface area contributed by atoms with Crippen molar-refractivity contribution < 1.29 is 45.4 Å². The Kier molecular flexibility index (Phi) is 5.84. The molecule has 0 aromatic carbocycles. The van der Waals surface area contributed by atoms with Crippen LogP contribution < -0.4 is 0 Å². The molecule has 0 aliphatic rings. The molecule has 0 heterocycles. The smallest absolute Gasteiger partial charge is 0.425 e. The molecule has 4 nitrogen and oxygen atoms in total. The van der Waals surface area contributed by atoms with E-state index in [-0.39, 0.29) is 0 Å². The van der Waals surface area contributed by atoms with Crippen molar-refractivity contribution in [2.45, 2.75) is 24.9 Å². The summed E-state index contributed by atoms with van der Waals surface area (Å²) in [6, 6.07) is 0. The molecule has 0 aromatic heterocycles. The molecular formula is C9H8F6O4. The monoisotopic (exact) mass is 294 g/mol. The number of alkyl halides is 6. The SMILES string of the molecule is C=CCC(OC(=O)C(=O)OCC(F)(F)F)C(F)(F)F. The number of carbonyl (C=O) groups excluding carboxylic acids is 2. The standard InChI is InChI=1S/C9H8F6O4/c1-2-3-5(9(13,14)15)19-7(17)6(16)18-4-8(10,11)12/h2,5H,1,3-4H2. The van der Waals surface area contributed by atoms with Crippen LogP contribution in [0, 0.1) is 0 Å². The lowest BCUT2D eigenvalue weighted by molar-refractivity contribution is -0.224. The van der Waals surface area contributed by atoms with Crippen LogP contribution in [0.5, 0.6) is 0 Å². The van der Waals surface area contributed by atoms with Gasteiger partial charge in [-0.1, -0.05) is 6.08 Å². The average molecular weight is 294 g/mol. The first-order valence-corrected chi connectivity index (χ1v) is 4.59. The first-order valence-electron chi connectivity index (χ1n) is 4.59. The molecule has 10 heteroatoms. The van der Waals surface area contributed by atoms with Gasteiger partial charge in [0, 0.05) is 6.42 Å². The minimum Gasteiger partial charge on any atom is -0.448 e. The van der Waals surface area contributed by atoms with Crippen molar-refractivity contribution >= 4 is 11.9 Å². The zero-order valence-corrected chi connectivity index (χ0v) is 9.18. The van der Waals surface area contributed by atoms with Crippen LogP contribution in [0.4, 0.5) is 26.3 Å². The fraction of sp³-hybridized carbons (Fsp3) is 0.556. The van der Waals surface area contributed by atoms with E-state index in [1.165, 1.54) is 0 Å². The Morgan fingerprint density at radius 2 is 1.63 bits per heavy atom. The van der Waals surface area contributed by atoms with Gasteiger partial charge in [-0.3, -0.25) is 0 Å². The van der Waals surface area contributed by atoms with Crippen LogP contribution in [0.1, 0.15) is 6.42 Å². The van der Waals surface area contributed by atoms with Crippen molar-refractivity contribution in [2.24, 2.45) is 0 Å². The normalized spacial score (nSPS) is 13.6. The van der Waals surface area contributed by atoms with E-state index in [0.29, 0.717) is 0 Å². The third kappa shape index (κ3) is 7.32. The minimum absolute atomic E-state index is 0.770. The van der Waals surface area contributed by atoms with Gasteiger partial charge in [0.05, 0.1) is 0 Å². The predicted octanol–water partition coefficient (Wildman–Crippen LogP) is 2.14. The maximum absolute atomic E-state index is 12.2. The van der Waals surface area contributed by atoms with Gasteiger partial charge in [-0.25, -0.2) is 9.59 Å². The Bertz CT molecular complexity index is 346. The van der Waals surface area contributed by atoms with Crippen LogP contribution in [-0.4, -0.2) is 37.0 Å². The first-order chi connectivity index (χ1) is 8.47. The summed E-state index contributed by atoms with van der Waals surface area (Å²) in [5.41, 5.74) is 0. The molecule has 1 atom stereocenters. The van der Waals surface area contributed by atoms with E-state index >= 15 is 0 Å². The minimum atomic E-state index is -4.98. The summed E-state index contributed by atoms with van der Waals surface area (Å²) in [6.07, 6.45) is -12.6. The summed E-state index contributed by atoms with van der Waals surface area (Å²) in [5, 5.41) is 0. The second kappa shape index (κ2) is 6.43. The zero-order chi connectivity index (χ0) is 15.3. The largest absolute Gasteiger partial charge is 0.448 e. The summed E-state index contributed by atoms with van der Waals surface area (Å²) in [5.74, 6) is -4.32. The Morgan fingerprint density at radius 1 is 1.11 bits per heavy atom. The number of ether oxygens (including phenoxy) is 2. The predicted molar refractivity (Wildman–Crippen MR) is 47.8 cm³/mol. The maximum atomic E-state index is 12.2. The highest BCUT2D eigenvalue weighted by atomic mass is 19.4. The average Bonchev–Trinajstić information content (AvgIpc) is 2.22. The van der Waals surface area contributed by atoms with Crippen molar-refractivity contribution in [3.05, 3.63) is 12.7 Å². The Hall–Kier alpha value is -1.74. The molecule has 0 aliphatic carbocycles. The van der Waals surface area contributed by atoms with E-state index in [0.717, 1.165) is 6.08 Å². The molecule has 0 bridgehead atoms. The molecule has 0 N–H and O–H groups in total. The van der Waals surface area contributed by atoms with E-state index in [4.69, 9.17) is 0 Å². The van der Waals surface area contributed by atoms with E-state index in [1.54, 1.807) is 0 Å². The summed E-state index contributed by atoms with van der Waals surface area (Å²) >= 11 is 0. The summed E-state index contributed by atoms with van der Waals surface area (Å²) in [7, 11) is 0. The van der Waals surface area contributed by atoms with Gasteiger partial charge in [-0.05, 0) is 0 Å². The van der Waals surface area contributed by atoms with Crippen LogP contribution >= 0.6 is 0 Å². The van der Waals surface area contributed by atoms with Gasteiger partial charge in [-0.2, -0.15) is 26.3 Å². The van der Waals surface area contributed by atoms with Gasteiger partial charge in [0.25, 0.3) is 0 Å². The molecule has 0 rings (SSSR count). The van der Waals surface area contributed by atoms with E-state index in [9.17, 15) is 35.9 Å². The molecule has 0 saturated carbocycles. The second-order valence-corrected chi connectivity index (χ2v) is 3.15. The number of esters is 2. The number of halogens is 6. The highest BCUT2D eigenvalue weighted by Crippen LogP contribution is 2.25. The molecule has 0 amide bonds. The first kappa shape index (κ1) is 17.3. The van der Waals surface area contributed by atoms with Gasteiger partial charge >= 0.3 is 24.3 Å². The van der Waals surface area contributed by atoms with Crippen LogP contribution in [-0.2, 0) is 19.1 Å². The highest BCUT2D eigenvalue weighted by Gasteiger charge is 2.43. The Balaban J connectivity index is 4.48. The van der Waals surface area contributed by atoms with Crippen LogP contribution in [0.25, 0.3) is 0 Å². The number of rotatable bonds is 4. The third-order valence-corrected chi connectivity index (χ3v) is 1.53. The van der Waals surface area contributed by atoms with Gasteiger partial charge in [-0.15, -0.1) is 6.58 Å². The Labute approximate surface area is 103 Å². The van der Waals surface area contributed by atoms with Crippen molar-refractivity contribution in [1.82, 2.24) is 0 Å². The molecule has 0 spiro atoms. The molecule has 19 heavy (non-hydrogen) atoms. The number of hydrogen-bond acceptors (Lipinski definition) is 4. The molecular weight excluding hydrogens is 286 g/mol. The summed E-state index contributed by atoms with van der Waals surface area (Å²) in [6.45, 7) is 0.880. The van der Waals surface area contributed by atoms with Gasteiger partial charge < -0.3 is 9.47 Å². The number of hydrogen-bond donors (Lipinski definition) is 0. The van der Waals surface area contributed by atoms with Crippen LogP contribution in [0.3, 0.4) is 0 Å². The summed E-state index contributed by atoms with van der Waals surface area (Å²) in [4.78, 5) is 21.5. The lowest BCUT2D eigenvalue weighted by atomic mass is 10.2. The fourth-order valence-electron chi connectivity index (χ4n) is 0.784. The maximum Gasteiger partial charge on any atom is 0.425 e. The molecule has 0 fully saturated rings. The van der Waals surface area contributed by atoms with Crippen molar-refractivity contribution in [2.75, 3.05) is 6.61 Å². The molecule has 0 radical (unpaired) electrons. The van der Waals surface area contributed by atoms with Crippen molar-refractivity contribution in [3.8, 4) is 0 Å². The molecule has 0 aliphatic heterocycles. The topological polar surface area (TPSA) is 52.6 Å². The van der Waals surface area contributed by atoms with E-state index < -0.39 is 43.4 Å². The fourth-order valence-corrected chi connectivity index (χ4v) is 0.784. The van der Waals surface area contributed by atoms with E-state index in [1.807, 2.05) is 0 Å². The number of carbonyl (C=O) groups is 2. The Morgan fingerprint density at radius 3 is 2.00 bits per heavy atom. The lowest BCUT2D eigenvalue weighted by Crippen LogP contribution is -2.36. The molecule has 0 aromatic rings. The van der Waals surface area contributed by atoms with Crippen molar-refractivity contribution in [1.29, 1.82) is 0 Å². The molecule has 0 saturated heterocycles. The van der Waals surface area contributed by atoms with Gasteiger partial charge in [0.1, 0.15) is 0 Å². The van der Waals surface area contributed by atoms with Crippen LogP contribution in [0.15, 0.2) is 12.7 Å². The second-order valence-electron chi connectivity index (χ2n) is 3.15. The van der Waals surface area contributed by atoms with Crippen LogP contribution in [0.2, 0.25) is 0 Å². The molecule has 110 valence electrons. The lowest BCUT2D eigenvalue weighted by Gasteiger charge is -2.18. The third-order valence-electron chi connectivity index (χ3n) is 1.53.